The minimum absolute atomic E-state index is 0. The molecule has 2 amide bonds. The molecular formula is C15H15N4NaO7S. The molecule has 1 aromatic heterocycles. The van der Waals surface area contributed by atoms with E-state index in [0.29, 0.717) is 5.82 Å². The van der Waals surface area contributed by atoms with E-state index < -0.39 is 35.2 Å². The normalized spacial score (nSPS) is 20.6. The second-order valence-corrected chi connectivity index (χ2v) is 6.99. The zero-order chi connectivity index (χ0) is 19.7. The molecule has 0 bridgehead atoms. The summed E-state index contributed by atoms with van der Waals surface area (Å²) in [6, 6.07) is -0.879. The Balaban J connectivity index is 0.00000280. The monoisotopic (exact) mass is 418 g/mol. The van der Waals surface area contributed by atoms with Crippen molar-refractivity contribution in [1.82, 2.24) is 20.4 Å². The van der Waals surface area contributed by atoms with Gasteiger partial charge < -0.3 is 24.5 Å². The maximum atomic E-state index is 12.4. The number of fused-ring (bicyclic) bond motifs is 1. The molecule has 0 aliphatic carbocycles. The fourth-order valence-corrected chi connectivity index (χ4v) is 4.07. The number of nitrogens with one attached hydrogen (secondary N) is 1. The molecule has 13 heteroatoms. The molecule has 0 unspecified atom stereocenters. The van der Waals surface area contributed by atoms with Gasteiger partial charge in [0.05, 0.1) is 11.7 Å². The van der Waals surface area contributed by atoms with Gasteiger partial charge in [0.2, 0.25) is 11.8 Å². The number of aryl methyl sites for hydroxylation is 1. The van der Waals surface area contributed by atoms with Crippen LogP contribution >= 0.6 is 11.8 Å². The smallest absolute Gasteiger partial charge is 0.543 e. The van der Waals surface area contributed by atoms with Crippen LogP contribution in [0.3, 0.4) is 0 Å². The fraction of sp³-hybridized carbons (Fsp3) is 0.467. The molecular weight excluding hydrogens is 403 g/mol. The Morgan fingerprint density at radius 3 is 2.71 bits per heavy atom. The number of hydrogen-bond donors (Lipinski definition) is 1. The Labute approximate surface area is 185 Å². The summed E-state index contributed by atoms with van der Waals surface area (Å²) in [4.78, 5) is 51.9. The quantitative estimate of drug-likeness (QED) is 0.269. The summed E-state index contributed by atoms with van der Waals surface area (Å²) >= 11 is 1.26. The number of aliphatic carboxylic acids is 1. The van der Waals surface area contributed by atoms with E-state index in [1.54, 1.807) is 6.92 Å². The minimum Gasteiger partial charge on any atom is -0.543 e. The molecule has 11 nitrogen and oxygen atoms in total. The number of esters is 1. The number of nitrogens with zero attached hydrogens (tertiary/aromatic N) is 3. The van der Waals surface area contributed by atoms with Crippen molar-refractivity contribution < 1.29 is 63.1 Å². The molecule has 1 saturated heterocycles. The summed E-state index contributed by atoms with van der Waals surface area (Å²) in [5.74, 6) is -2.46. The van der Waals surface area contributed by atoms with Gasteiger partial charge in [-0.15, -0.1) is 11.8 Å². The van der Waals surface area contributed by atoms with Crippen molar-refractivity contribution >= 4 is 35.5 Å². The summed E-state index contributed by atoms with van der Waals surface area (Å²) in [5.41, 5.74) is -0.0473. The molecule has 3 rings (SSSR count). The fourth-order valence-electron chi connectivity index (χ4n) is 2.75. The number of hydrogen-bond acceptors (Lipinski definition) is 10. The predicted molar refractivity (Wildman–Crippen MR) is 86.4 cm³/mol. The molecule has 0 radical (unpaired) electrons. The number of β-lactam (4-membered cyclic amide) rings is 1. The molecule has 0 aromatic carbocycles. The van der Waals surface area contributed by atoms with E-state index in [1.807, 2.05) is 0 Å². The van der Waals surface area contributed by atoms with Crippen LogP contribution in [0.25, 0.3) is 0 Å². The first-order valence-corrected chi connectivity index (χ1v) is 8.92. The topological polar surface area (TPSA) is 155 Å². The summed E-state index contributed by atoms with van der Waals surface area (Å²) in [5, 5.41) is 17.0. The number of carbonyl (C=O) groups excluding carboxylic acids is 4. The zero-order valence-electron chi connectivity index (χ0n) is 15.4. The van der Waals surface area contributed by atoms with Crippen LogP contribution in [0, 0.1) is 6.92 Å². The predicted octanol–water partition coefficient (Wildman–Crippen LogP) is -5.11. The molecule has 1 aromatic rings. The average molecular weight is 418 g/mol. The Kier molecular flexibility index (Phi) is 7.26. The van der Waals surface area contributed by atoms with Crippen LogP contribution < -0.4 is 40.0 Å². The number of ether oxygens (including phenoxy) is 1. The Morgan fingerprint density at radius 1 is 1.43 bits per heavy atom. The van der Waals surface area contributed by atoms with Gasteiger partial charge in [0.1, 0.15) is 24.4 Å². The van der Waals surface area contributed by atoms with E-state index >= 15 is 0 Å². The van der Waals surface area contributed by atoms with Crippen LogP contribution in [-0.4, -0.2) is 62.6 Å². The van der Waals surface area contributed by atoms with Crippen LogP contribution in [0.5, 0.6) is 0 Å². The van der Waals surface area contributed by atoms with Gasteiger partial charge in [-0.25, -0.2) is 0 Å². The van der Waals surface area contributed by atoms with Crippen LogP contribution in [0.4, 0.5) is 0 Å². The van der Waals surface area contributed by atoms with Crippen molar-refractivity contribution in [2.24, 2.45) is 0 Å². The Hall–Kier alpha value is -1.89. The molecule has 3 heterocycles. The first-order valence-electron chi connectivity index (χ1n) is 7.88. The third kappa shape index (κ3) is 4.57. The number of thioether (sulfide) groups is 1. The van der Waals surface area contributed by atoms with Crippen molar-refractivity contribution in [2.45, 2.75) is 31.7 Å². The van der Waals surface area contributed by atoms with Gasteiger partial charge in [-0.3, -0.25) is 19.3 Å². The van der Waals surface area contributed by atoms with Crippen LogP contribution in [-0.2, 0) is 30.3 Å². The van der Waals surface area contributed by atoms with Gasteiger partial charge in [-0.2, -0.15) is 4.98 Å². The van der Waals surface area contributed by atoms with Crippen molar-refractivity contribution in [1.29, 1.82) is 0 Å². The van der Waals surface area contributed by atoms with Gasteiger partial charge in [-0.1, -0.05) is 5.16 Å². The summed E-state index contributed by atoms with van der Waals surface area (Å²) in [6.45, 7) is 2.57. The molecule has 1 N–H and O–H groups in total. The second kappa shape index (κ2) is 9.07. The van der Waals surface area contributed by atoms with Gasteiger partial charge in [0.25, 0.3) is 5.91 Å². The molecule has 2 aliphatic rings. The van der Waals surface area contributed by atoms with E-state index in [9.17, 15) is 24.3 Å². The van der Waals surface area contributed by atoms with Crippen LogP contribution in [0.15, 0.2) is 15.8 Å². The standard InChI is InChI=1S/C15H16N4O7S.Na/c1-6-16-10(26-18-6)3-9(21)17-11-13(22)19-12(15(23)24)8(4-25-7(2)20)5-27-14(11)19;/h11,14H,3-5H2,1-2H3,(H,17,21)(H,23,24);/q;+1/p-1/t11-,14-;/m1./s1. The van der Waals surface area contributed by atoms with Crippen molar-refractivity contribution in [3.8, 4) is 0 Å². The third-order valence-electron chi connectivity index (χ3n) is 3.89. The first-order chi connectivity index (χ1) is 12.8. The molecule has 2 atom stereocenters. The minimum atomic E-state index is -1.54. The SMILES string of the molecule is CC(=O)OCC1=C(C(=O)[O-])N2C(=O)[C@@H](NC(=O)Cc3nc(C)no3)[C@H]2SC1.[Na+]. The molecule has 0 saturated carbocycles. The van der Waals surface area contributed by atoms with Gasteiger partial charge in [-0.05, 0) is 6.92 Å². The Bertz CT molecular complexity index is 855. The van der Waals surface area contributed by atoms with Gasteiger partial charge >= 0.3 is 35.5 Å². The summed E-state index contributed by atoms with van der Waals surface area (Å²) in [6.07, 6.45) is -0.192. The molecule has 28 heavy (non-hydrogen) atoms. The molecule has 0 spiro atoms. The van der Waals surface area contributed by atoms with E-state index in [2.05, 4.69) is 15.5 Å². The maximum absolute atomic E-state index is 12.4. The molecule has 144 valence electrons. The number of amides is 2. The Morgan fingerprint density at radius 2 is 2.14 bits per heavy atom. The molecule has 2 aliphatic heterocycles. The summed E-state index contributed by atoms with van der Waals surface area (Å²) < 4.78 is 9.69. The van der Waals surface area contributed by atoms with Gasteiger partial charge in [0.15, 0.2) is 5.82 Å². The maximum Gasteiger partial charge on any atom is 1.00 e. The van der Waals surface area contributed by atoms with Crippen LogP contribution in [0.2, 0.25) is 0 Å². The van der Waals surface area contributed by atoms with E-state index in [-0.39, 0.29) is 65.5 Å². The number of carboxylic acids is 1. The van der Waals surface area contributed by atoms with Gasteiger partial charge in [0, 0.05) is 18.2 Å². The second-order valence-electron chi connectivity index (χ2n) is 5.89. The van der Waals surface area contributed by atoms with Crippen molar-refractivity contribution in [3.05, 3.63) is 23.0 Å². The van der Waals surface area contributed by atoms with Crippen molar-refractivity contribution in [2.75, 3.05) is 12.4 Å². The van der Waals surface area contributed by atoms with E-state index in [1.165, 1.54) is 18.7 Å². The van der Waals surface area contributed by atoms with Crippen LogP contribution in [0.1, 0.15) is 18.6 Å². The first kappa shape index (κ1) is 22.4. The average Bonchev–Trinajstić information content (AvgIpc) is 3.01. The number of carboxylic acid groups (broad SMARTS) is 1. The number of rotatable bonds is 6. The van der Waals surface area contributed by atoms with Crippen molar-refractivity contribution in [3.63, 3.8) is 0 Å². The number of carbonyl (C=O) groups is 4. The summed E-state index contributed by atoms with van der Waals surface area (Å²) in [7, 11) is 0. The molecule has 1 fully saturated rings. The van der Waals surface area contributed by atoms with E-state index in [4.69, 9.17) is 9.26 Å². The largest absolute Gasteiger partial charge is 1.00 e. The number of aromatic nitrogens is 2. The third-order valence-corrected chi connectivity index (χ3v) is 5.23. The zero-order valence-corrected chi connectivity index (χ0v) is 18.2. The van der Waals surface area contributed by atoms with E-state index in [0.717, 1.165) is 4.90 Å².